The van der Waals surface area contributed by atoms with Crippen molar-refractivity contribution in [3.63, 3.8) is 0 Å². The van der Waals surface area contributed by atoms with Gasteiger partial charge in [0, 0.05) is 18.5 Å². The van der Waals surface area contributed by atoms with Crippen LogP contribution in [0, 0.1) is 0 Å². The number of thiophene rings is 1. The Morgan fingerprint density at radius 3 is 2.52 bits per heavy atom. The van der Waals surface area contributed by atoms with Crippen LogP contribution in [0.2, 0.25) is 0 Å². The van der Waals surface area contributed by atoms with Crippen molar-refractivity contribution in [2.24, 2.45) is 0 Å². The molecule has 124 valence electrons. The smallest absolute Gasteiger partial charge is 0.370 e. The molecule has 2 nitrogen and oxygen atoms in total. The highest BCUT2D eigenvalue weighted by atomic mass is 32.2. The number of anilines is 2. The third-order valence-corrected chi connectivity index (χ3v) is 5.67. The topological polar surface area (TPSA) is 15.3 Å². The fourth-order valence-corrected chi connectivity index (χ4v) is 4.27. The molecule has 0 amide bonds. The predicted octanol–water partition coefficient (Wildman–Crippen LogP) is 5.88. The van der Waals surface area contributed by atoms with E-state index in [4.69, 9.17) is 0 Å². The van der Waals surface area contributed by atoms with E-state index in [9.17, 15) is 13.2 Å². The highest BCUT2D eigenvalue weighted by Crippen LogP contribution is 2.38. The number of halogens is 3. The van der Waals surface area contributed by atoms with Crippen molar-refractivity contribution in [2.45, 2.75) is 29.6 Å². The van der Waals surface area contributed by atoms with Gasteiger partial charge in [0.2, 0.25) is 0 Å². The van der Waals surface area contributed by atoms with Gasteiger partial charge in [0.25, 0.3) is 0 Å². The summed E-state index contributed by atoms with van der Waals surface area (Å²) >= 11 is 2.33. The molecule has 1 saturated heterocycles. The Kier molecular flexibility index (Phi) is 5.06. The van der Waals surface area contributed by atoms with Crippen LogP contribution in [0.3, 0.4) is 0 Å². The lowest BCUT2D eigenvalue weighted by Gasteiger charge is -2.30. The quantitative estimate of drug-likeness (QED) is 0.688. The molecule has 23 heavy (non-hydrogen) atoms. The fraction of sp³-hybridized carbons (Fsp3) is 0.375. The molecular formula is C16H17F3N2S2. The van der Waals surface area contributed by atoms with E-state index >= 15 is 0 Å². The zero-order chi connectivity index (χ0) is 16.3. The van der Waals surface area contributed by atoms with Crippen LogP contribution in [-0.2, 0) is 6.18 Å². The molecule has 1 aliphatic heterocycles. The average Bonchev–Trinajstić information content (AvgIpc) is 3.03. The Morgan fingerprint density at radius 1 is 1.09 bits per heavy atom. The van der Waals surface area contributed by atoms with Gasteiger partial charge in [0.15, 0.2) is 0 Å². The van der Waals surface area contributed by atoms with Gasteiger partial charge >= 0.3 is 6.18 Å². The number of hydrogen-bond acceptors (Lipinski definition) is 4. The first-order valence-corrected chi connectivity index (χ1v) is 9.16. The lowest BCUT2D eigenvalue weighted by molar-refractivity contribution is -0.137. The van der Waals surface area contributed by atoms with E-state index in [0.717, 1.165) is 41.2 Å². The first-order valence-electron chi connectivity index (χ1n) is 7.46. The number of alkyl halides is 3. The molecule has 0 radical (unpaired) electrons. The van der Waals surface area contributed by atoms with Gasteiger partial charge in [-0.25, -0.2) is 0 Å². The Hall–Kier alpha value is -1.34. The first-order chi connectivity index (χ1) is 11.0. The van der Waals surface area contributed by atoms with Crippen LogP contribution in [-0.4, -0.2) is 13.1 Å². The van der Waals surface area contributed by atoms with E-state index < -0.39 is 11.7 Å². The molecule has 3 rings (SSSR count). The third-order valence-electron chi connectivity index (χ3n) is 3.77. The molecule has 1 aromatic heterocycles. The molecule has 1 aliphatic rings. The Morgan fingerprint density at radius 2 is 1.83 bits per heavy atom. The van der Waals surface area contributed by atoms with Crippen molar-refractivity contribution in [2.75, 3.05) is 22.7 Å². The molecule has 0 atom stereocenters. The predicted molar refractivity (Wildman–Crippen MR) is 91.3 cm³/mol. The number of nitrogens with one attached hydrogen (secondary N) is 1. The normalized spacial score (nSPS) is 15.7. The largest absolute Gasteiger partial charge is 0.417 e. The SMILES string of the molecule is FC(F)(F)c1csc(SNc2ccccc2N2CCCCC2)c1. The zero-order valence-electron chi connectivity index (χ0n) is 12.4. The summed E-state index contributed by atoms with van der Waals surface area (Å²) in [5.74, 6) is 0. The van der Waals surface area contributed by atoms with Gasteiger partial charge in [-0.05, 0) is 49.4 Å². The highest BCUT2D eigenvalue weighted by Gasteiger charge is 2.31. The van der Waals surface area contributed by atoms with Crippen molar-refractivity contribution >= 4 is 34.7 Å². The van der Waals surface area contributed by atoms with E-state index in [2.05, 4.69) is 15.7 Å². The Balaban J connectivity index is 1.69. The molecule has 0 aliphatic carbocycles. The maximum absolute atomic E-state index is 12.6. The molecule has 2 heterocycles. The second kappa shape index (κ2) is 7.05. The molecule has 0 saturated carbocycles. The number of para-hydroxylation sites is 2. The van der Waals surface area contributed by atoms with Crippen molar-refractivity contribution in [1.82, 2.24) is 0 Å². The van der Waals surface area contributed by atoms with Gasteiger partial charge in [-0.2, -0.15) is 13.2 Å². The highest BCUT2D eigenvalue weighted by molar-refractivity contribution is 8.02. The van der Waals surface area contributed by atoms with E-state index in [1.807, 2.05) is 18.2 Å². The second-order valence-electron chi connectivity index (χ2n) is 5.42. The van der Waals surface area contributed by atoms with Crippen molar-refractivity contribution in [1.29, 1.82) is 0 Å². The van der Waals surface area contributed by atoms with Crippen LogP contribution in [0.15, 0.2) is 39.9 Å². The summed E-state index contributed by atoms with van der Waals surface area (Å²) in [6.07, 6.45) is -0.653. The summed E-state index contributed by atoms with van der Waals surface area (Å²) in [6.45, 7) is 2.06. The van der Waals surface area contributed by atoms with Crippen molar-refractivity contribution in [3.8, 4) is 0 Å². The molecule has 0 unspecified atom stereocenters. The second-order valence-corrected chi connectivity index (χ2v) is 7.44. The number of hydrogen-bond donors (Lipinski definition) is 1. The summed E-state index contributed by atoms with van der Waals surface area (Å²) in [4.78, 5) is 2.34. The van der Waals surface area contributed by atoms with Crippen molar-refractivity contribution < 1.29 is 13.2 Å². The van der Waals surface area contributed by atoms with Crippen LogP contribution in [0.5, 0.6) is 0 Å². The molecule has 1 fully saturated rings. The van der Waals surface area contributed by atoms with Crippen LogP contribution in [0.1, 0.15) is 24.8 Å². The van der Waals surface area contributed by atoms with Gasteiger partial charge in [0.05, 0.1) is 21.1 Å². The average molecular weight is 358 g/mol. The Labute approximate surface area is 141 Å². The number of piperidine rings is 1. The number of nitrogens with zero attached hydrogens (tertiary/aromatic N) is 1. The maximum Gasteiger partial charge on any atom is 0.417 e. The minimum absolute atomic E-state index is 0.587. The molecule has 0 bridgehead atoms. The lowest BCUT2D eigenvalue weighted by atomic mass is 10.1. The molecule has 7 heteroatoms. The molecular weight excluding hydrogens is 341 g/mol. The van der Waals surface area contributed by atoms with E-state index in [1.165, 1.54) is 37.3 Å². The summed E-state index contributed by atoms with van der Waals surface area (Å²) in [5.41, 5.74) is 1.48. The van der Waals surface area contributed by atoms with E-state index in [1.54, 1.807) is 0 Å². The van der Waals surface area contributed by atoms with E-state index in [-0.39, 0.29) is 0 Å². The minimum Gasteiger partial charge on any atom is -0.370 e. The Bertz CT molecular complexity index is 649. The number of rotatable bonds is 4. The van der Waals surface area contributed by atoms with Crippen LogP contribution in [0.25, 0.3) is 0 Å². The minimum atomic E-state index is -4.28. The van der Waals surface area contributed by atoms with Gasteiger partial charge in [-0.15, -0.1) is 11.3 Å². The lowest BCUT2D eigenvalue weighted by Crippen LogP contribution is -2.29. The molecule has 1 N–H and O–H groups in total. The molecule has 2 aromatic rings. The maximum atomic E-state index is 12.6. The van der Waals surface area contributed by atoms with Crippen molar-refractivity contribution in [3.05, 3.63) is 41.3 Å². The summed E-state index contributed by atoms with van der Waals surface area (Å²) in [5, 5.41) is 1.15. The van der Waals surface area contributed by atoms with Crippen LogP contribution < -0.4 is 9.62 Å². The molecule has 1 aromatic carbocycles. The van der Waals surface area contributed by atoms with Gasteiger partial charge in [-0.1, -0.05) is 12.1 Å². The third kappa shape index (κ3) is 4.14. The summed E-state index contributed by atoms with van der Waals surface area (Å²) in [6, 6.07) is 9.14. The van der Waals surface area contributed by atoms with Crippen LogP contribution in [0.4, 0.5) is 24.5 Å². The monoisotopic (exact) mass is 358 g/mol. The number of benzene rings is 1. The van der Waals surface area contributed by atoms with Gasteiger partial charge in [-0.3, -0.25) is 0 Å². The van der Waals surface area contributed by atoms with Crippen LogP contribution >= 0.6 is 23.3 Å². The summed E-state index contributed by atoms with van der Waals surface area (Å²) in [7, 11) is 0. The van der Waals surface area contributed by atoms with Gasteiger partial charge < -0.3 is 9.62 Å². The van der Waals surface area contributed by atoms with Gasteiger partial charge in [0.1, 0.15) is 0 Å². The molecule has 0 spiro atoms. The van der Waals surface area contributed by atoms with E-state index in [0.29, 0.717) is 4.21 Å². The fourth-order valence-electron chi connectivity index (χ4n) is 2.59. The zero-order valence-corrected chi connectivity index (χ0v) is 14.0. The first kappa shape index (κ1) is 16.5. The summed E-state index contributed by atoms with van der Waals surface area (Å²) < 4.78 is 41.7. The standard InChI is InChI=1S/C16H17F3N2S2/c17-16(18,19)12-10-15(22-11-12)23-20-13-6-2-3-7-14(13)21-8-4-1-5-9-21/h2-3,6-7,10-11,20H,1,4-5,8-9H2.